The van der Waals surface area contributed by atoms with Gasteiger partial charge in [-0.25, -0.2) is 0 Å². The zero-order valence-electron chi connectivity index (χ0n) is 19.7. The first-order valence-corrected chi connectivity index (χ1v) is 12.6. The number of alkyl halides is 3. The molecule has 2 nitrogen and oxygen atoms in total. The molecular formula is C26H41F3O2. The number of carbonyl (C=O) groups excluding carboxylic acids is 1. The first-order chi connectivity index (χ1) is 14.3. The van der Waals surface area contributed by atoms with E-state index in [9.17, 15) is 23.1 Å². The second kappa shape index (κ2) is 7.74. The quantitative estimate of drug-likeness (QED) is 0.512. The van der Waals surface area contributed by atoms with Crippen LogP contribution >= 0.6 is 0 Å². The Morgan fingerprint density at radius 3 is 2.32 bits per heavy atom. The Labute approximate surface area is 185 Å². The van der Waals surface area contributed by atoms with Crippen molar-refractivity contribution in [3.8, 4) is 0 Å². The maximum Gasteiger partial charge on any atom is 0.449 e. The van der Waals surface area contributed by atoms with E-state index in [1.54, 1.807) is 0 Å². The van der Waals surface area contributed by atoms with Gasteiger partial charge in [0.1, 0.15) is 0 Å². The molecule has 3 unspecified atom stereocenters. The summed E-state index contributed by atoms with van der Waals surface area (Å²) in [7, 11) is 0. The van der Waals surface area contributed by atoms with Gasteiger partial charge >= 0.3 is 6.18 Å². The molecule has 9 atom stereocenters. The number of fused-ring (bicyclic) bond motifs is 5. The molecule has 4 rings (SSSR count). The Kier molecular flexibility index (Phi) is 5.88. The lowest BCUT2D eigenvalue weighted by Crippen LogP contribution is -2.55. The molecule has 0 heterocycles. The minimum Gasteiger partial charge on any atom is -0.390 e. The molecule has 0 aliphatic heterocycles. The van der Waals surface area contributed by atoms with Gasteiger partial charge < -0.3 is 5.11 Å². The first-order valence-electron chi connectivity index (χ1n) is 12.6. The minimum atomic E-state index is -4.70. The molecule has 0 aromatic carbocycles. The molecule has 5 heteroatoms. The number of Topliss-reactive ketones (excluding diaryl/α,β-unsaturated/α-hetero) is 1. The van der Waals surface area contributed by atoms with Gasteiger partial charge in [0, 0.05) is 6.42 Å². The lowest BCUT2D eigenvalue weighted by molar-refractivity contribution is -0.171. The van der Waals surface area contributed by atoms with Crippen molar-refractivity contribution in [3.05, 3.63) is 0 Å². The van der Waals surface area contributed by atoms with Crippen LogP contribution in [0.3, 0.4) is 0 Å². The zero-order chi connectivity index (χ0) is 22.8. The summed E-state index contributed by atoms with van der Waals surface area (Å²) in [5, 5.41) is 10.7. The highest BCUT2D eigenvalue weighted by Gasteiger charge is 2.61. The fraction of sp³-hybridized carbons (Fsp3) is 0.962. The van der Waals surface area contributed by atoms with Crippen LogP contribution in [-0.2, 0) is 4.79 Å². The monoisotopic (exact) mass is 442 g/mol. The number of rotatable bonds is 4. The summed E-state index contributed by atoms with van der Waals surface area (Å²) < 4.78 is 38.0. The zero-order valence-corrected chi connectivity index (χ0v) is 19.7. The van der Waals surface area contributed by atoms with Crippen LogP contribution in [0.2, 0.25) is 0 Å². The van der Waals surface area contributed by atoms with E-state index < -0.39 is 17.6 Å². The molecule has 31 heavy (non-hydrogen) atoms. The van der Waals surface area contributed by atoms with Crippen LogP contribution < -0.4 is 0 Å². The lowest BCUT2D eigenvalue weighted by Gasteiger charge is -2.62. The maximum absolute atomic E-state index is 12.7. The van der Waals surface area contributed by atoms with Gasteiger partial charge in [0.15, 0.2) is 0 Å². The third-order valence-corrected chi connectivity index (χ3v) is 10.9. The molecule has 178 valence electrons. The number of carbonyl (C=O) groups is 1. The number of halogens is 3. The van der Waals surface area contributed by atoms with Crippen LogP contribution in [0.25, 0.3) is 0 Å². The van der Waals surface area contributed by atoms with E-state index in [1.807, 2.05) is 6.92 Å². The predicted octanol–water partition coefficient (Wildman–Crippen LogP) is 6.94. The van der Waals surface area contributed by atoms with Gasteiger partial charge in [0.05, 0.1) is 5.60 Å². The second-order valence-electron chi connectivity index (χ2n) is 12.5. The molecule has 0 amide bonds. The third kappa shape index (κ3) is 3.99. The van der Waals surface area contributed by atoms with E-state index in [-0.39, 0.29) is 17.8 Å². The normalized spacial score (nSPS) is 48.5. The Morgan fingerprint density at radius 1 is 0.968 bits per heavy atom. The minimum absolute atomic E-state index is 0.162. The molecule has 0 spiro atoms. The summed E-state index contributed by atoms with van der Waals surface area (Å²) in [6, 6.07) is 0. The smallest absolute Gasteiger partial charge is 0.390 e. The Balaban J connectivity index is 1.46. The topological polar surface area (TPSA) is 37.3 Å². The number of hydrogen-bond acceptors (Lipinski definition) is 2. The average molecular weight is 443 g/mol. The standard InChI is InChI=1S/C26H41F3O2/c1-16(5-10-22(30)26(27,28)29)19-8-9-20-18-7-6-17-15-23(2,31)13-14-24(17,3)21(18)11-12-25(19,20)4/h16-21,31H,5-15H2,1-4H3/t16-,17+,18?,19-,20?,21?,23+,24+,25-/m1/s1. The van der Waals surface area contributed by atoms with Gasteiger partial charge in [0.25, 0.3) is 0 Å². The summed E-state index contributed by atoms with van der Waals surface area (Å²) in [6.45, 7) is 8.98. The van der Waals surface area contributed by atoms with Crippen LogP contribution in [0.5, 0.6) is 0 Å². The van der Waals surface area contributed by atoms with Gasteiger partial charge in [-0.3, -0.25) is 4.79 Å². The molecule has 4 fully saturated rings. The first kappa shape index (κ1) is 23.6. The molecule has 4 saturated carbocycles. The summed E-state index contributed by atoms with van der Waals surface area (Å²) in [6.07, 6.45) is 5.38. The van der Waals surface area contributed by atoms with Crippen molar-refractivity contribution in [3.63, 3.8) is 0 Å². The number of ketones is 1. The van der Waals surface area contributed by atoms with Gasteiger partial charge in [0.2, 0.25) is 5.78 Å². The molecular weight excluding hydrogens is 401 g/mol. The van der Waals surface area contributed by atoms with Crippen LogP contribution in [0.1, 0.15) is 98.3 Å². The molecule has 0 saturated heterocycles. The highest BCUT2D eigenvalue weighted by atomic mass is 19.4. The van der Waals surface area contributed by atoms with Crippen molar-refractivity contribution in [2.75, 3.05) is 0 Å². The average Bonchev–Trinajstić information content (AvgIpc) is 3.02. The van der Waals surface area contributed by atoms with E-state index in [0.29, 0.717) is 29.6 Å². The van der Waals surface area contributed by atoms with Crippen molar-refractivity contribution in [1.29, 1.82) is 0 Å². The summed E-state index contributed by atoms with van der Waals surface area (Å²) in [5.41, 5.74) is 0.0163. The number of aliphatic hydroxyl groups is 1. The highest BCUT2D eigenvalue weighted by Crippen LogP contribution is 2.68. The molecule has 4 aliphatic carbocycles. The van der Waals surface area contributed by atoms with Crippen molar-refractivity contribution in [2.24, 2.45) is 46.3 Å². The summed E-state index contributed by atoms with van der Waals surface area (Å²) in [4.78, 5) is 11.4. The molecule has 4 aliphatic rings. The Bertz CT molecular complexity index is 701. The van der Waals surface area contributed by atoms with Crippen molar-refractivity contribution >= 4 is 5.78 Å². The van der Waals surface area contributed by atoms with Crippen LogP contribution in [0, 0.1) is 46.3 Å². The Morgan fingerprint density at radius 2 is 1.65 bits per heavy atom. The van der Waals surface area contributed by atoms with Gasteiger partial charge in [-0.2, -0.15) is 13.2 Å². The second-order valence-corrected chi connectivity index (χ2v) is 12.5. The molecule has 0 radical (unpaired) electrons. The third-order valence-electron chi connectivity index (χ3n) is 10.9. The molecule has 0 bridgehead atoms. The largest absolute Gasteiger partial charge is 0.449 e. The molecule has 1 N–H and O–H groups in total. The SMILES string of the molecule is C[C@H](CCC(=O)C(F)(F)F)[C@H]1CCC2C3CC[C@H]4C[C@@](C)(O)CC[C@]4(C)C3CC[C@@]21C. The fourth-order valence-electron chi connectivity index (χ4n) is 9.11. The van der Waals surface area contributed by atoms with Crippen molar-refractivity contribution in [1.82, 2.24) is 0 Å². The molecule has 0 aromatic heterocycles. The van der Waals surface area contributed by atoms with Crippen molar-refractivity contribution in [2.45, 2.75) is 110 Å². The van der Waals surface area contributed by atoms with Crippen molar-refractivity contribution < 1.29 is 23.1 Å². The fourth-order valence-corrected chi connectivity index (χ4v) is 9.11. The lowest BCUT2D eigenvalue weighted by atomic mass is 9.43. The van der Waals surface area contributed by atoms with Gasteiger partial charge in [-0.15, -0.1) is 0 Å². The van der Waals surface area contributed by atoms with E-state index in [4.69, 9.17) is 0 Å². The van der Waals surface area contributed by atoms with Crippen LogP contribution in [0.15, 0.2) is 0 Å². The Hall–Kier alpha value is -0.580. The van der Waals surface area contributed by atoms with E-state index in [2.05, 4.69) is 20.8 Å². The van der Waals surface area contributed by atoms with E-state index >= 15 is 0 Å². The van der Waals surface area contributed by atoms with Crippen LogP contribution in [-0.4, -0.2) is 22.7 Å². The number of hydrogen-bond donors (Lipinski definition) is 1. The van der Waals surface area contributed by atoms with E-state index in [0.717, 1.165) is 37.5 Å². The summed E-state index contributed by atoms with van der Waals surface area (Å²) in [5.74, 6) is 1.75. The van der Waals surface area contributed by atoms with E-state index in [1.165, 1.54) is 32.1 Å². The predicted molar refractivity (Wildman–Crippen MR) is 115 cm³/mol. The van der Waals surface area contributed by atoms with Gasteiger partial charge in [-0.05, 0) is 117 Å². The highest BCUT2D eigenvalue weighted by molar-refractivity contribution is 5.83. The van der Waals surface area contributed by atoms with Crippen LogP contribution in [0.4, 0.5) is 13.2 Å². The summed E-state index contributed by atoms with van der Waals surface area (Å²) >= 11 is 0. The maximum atomic E-state index is 12.7. The van der Waals surface area contributed by atoms with Gasteiger partial charge in [-0.1, -0.05) is 20.8 Å². The molecule has 0 aromatic rings.